The molecule has 0 saturated heterocycles. The molecule has 1 aromatic heterocycles. The van der Waals surface area contributed by atoms with Gasteiger partial charge in [-0.1, -0.05) is 63.2 Å². The molecule has 0 aliphatic rings. The molecule has 25 heavy (non-hydrogen) atoms. The average molecular weight is 330 g/mol. The van der Waals surface area contributed by atoms with Crippen LogP contribution in [0, 0.1) is 12.0 Å². The summed E-state index contributed by atoms with van der Waals surface area (Å²) in [6.07, 6.45) is 2.62. The van der Waals surface area contributed by atoms with Crippen LogP contribution in [0.15, 0.2) is 67.0 Å². The lowest BCUT2D eigenvalue weighted by atomic mass is 9.87. The van der Waals surface area contributed by atoms with Crippen LogP contribution in [0.4, 0.5) is 0 Å². The van der Waals surface area contributed by atoms with Crippen LogP contribution >= 0.6 is 0 Å². The summed E-state index contributed by atoms with van der Waals surface area (Å²) in [6, 6.07) is 20.8. The van der Waals surface area contributed by atoms with Crippen molar-refractivity contribution in [1.82, 2.24) is 9.55 Å². The van der Waals surface area contributed by atoms with E-state index in [1.165, 1.54) is 5.56 Å². The van der Waals surface area contributed by atoms with Gasteiger partial charge in [0.25, 0.3) is 0 Å². The van der Waals surface area contributed by atoms with Crippen LogP contribution in [0.3, 0.4) is 0 Å². The lowest BCUT2D eigenvalue weighted by Gasteiger charge is -2.18. The maximum absolute atomic E-state index is 10.5. The van der Waals surface area contributed by atoms with Gasteiger partial charge < -0.3 is 5.11 Å². The van der Waals surface area contributed by atoms with E-state index in [0.29, 0.717) is 5.82 Å². The minimum Gasteiger partial charge on any atom is -0.380 e. The molecule has 0 amide bonds. The number of imidazole rings is 1. The van der Waals surface area contributed by atoms with Gasteiger partial charge in [0.2, 0.25) is 0 Å². The third-order valence-corrected chi connectivity index (χ3v) is 4.10. The first kappa shape index (κ1) is 17.0. The number of hydrogen-bond donors (Lipinski definition) is 1. The fourth-order valence-electron chi connectivity index (χ4n) is 2.57. The number of aliphatic hydroxyl groups is 1. The van der Waals surface area contributed by atoms with Crippen molar-refractivity contribution in [3.05, 3.63) is 89.5 Å². The van der Waals surface area contributed by atoms with Gasteiger partial charge >= 0.3 is 0 Å². The summed E-state index contributed by atoms with van der Waals surface area (Å²) in [6.45, 7) is 6.57. The van der Waals surface area contributed by atoms with Crippen molar-refractivity contribution in [2.24, 2.45) is 0 Å². The van der Waals surface area contributed by atoms with E-state index in [0.717, 1.165) is 11.1 Å². The SMILES string of the molecule is CC(C)(C)c1ccc(C#Cn2ccnc2C(O)c2ccccc2)cc1. The highest BCUT2D eigenvalue weighted by molar-refractivity contribution is 5.38. The second kappa shape index (κ2) is 6.96. The molecule has 0 bridgehead atoms. The first-order chi connectivity index (χ1) is 11.9. The van der Waals surface area contributed by atoms with Crippen LogP contribution in [0.2, 0.25) is 0 Å². The van der Waals surface area contributed by atoms with Crippen molar-refractivity contribution >= 4 is 0 Å². The molecule has 1 heterocycles. The van der Waals surface area contributed by atoms with Crippen LogP contribution in [0.1, 0.15) is 49.4 Å². The van der Waals surface area contributed by atoms with Crippen molar-refractivity contribution in [3.63, 3.8) is 0 Å². The maximum atomic E-state index is 10.5. The van der Waals surface area contributed by atoms with Gasteiger partial charge in [-0.25, -0.2) is 4.98 Å². The van der Waals surface area contributed by atoms with Crippen molar-refractivity contribution < 1.29 is 5.11 Å². The molecular weight excluding hydrogens is 308 g/mol. The molecule has 3 heteroatoms. The van der Waals surface area contributed by atoms with Crippen LogP contribution in [-0.4, -0.2) is 14.7 Å². The Balaban J connectivity index is 1.84. The van der Waals surface area contributed by atoms with Crippen LogP contribution in [0.25, 0.3) is 0 Å². The van der Waals surface area contributed by atoms with Gasteiger partial charge in [-0.2, -0.15) is 0 Å². The summed E-state index contributed by atoms with van der Waals surface area (Å²) >= 11 is 0. The Bertz CT molecular complexity index is 891. The molecule has 2 aromatic carbocycles. The fourth-order valence-corrected chi connectivity index (χ4v) is 2.57. The van der Waals surface area contributed by atoms with E-state index >= 15 is 0 Å². The highest BCUT2D eigenvalue weighted by Crippen LogP contribution is 2.22. The second-order valence-corrected chi connectivity index (χ2v) is 7.03. The highest BCUT2D eigenvalue weighted by Gasteiger charge is 2.15. The number of aromatic nitrogens is 2. The predicted molar refractivity (Wildman–Crippen MR) is 100 cm³/mol. The summed E-state index contributed by atoms with van der Waals surface area (Å²) in [5.74, 6) is 3.65. The van der Waals surface area contributed by atoms with Crippen molar-refractivity contribution in [2.45, 2.75) is 32.3 Å². The molecule has 1 unspecified atom stereocenters. The van der Waals surface area contributed by atoms with Crippen molar-refractivity contribution in [3.8, 4) is 12.0 Å². The zero-order valence-corrected chi connectivity index (χ0v) is 14.8. The number of hydrogen-bond acceptors (Lipinski definition) is 2. The number of aliphatic hydroxyl groups excluding tert-OH is 1. The fraction of sp³-hybridized carbons (Fsp3) is 0.227. The predicted octanol–water partition coefficient (Wildman–Crippen LogP) is 4.12. The van der Waals surface area contributed by atoms with E-state index in [1.807, 2.05) is 42.5 Å². The molecule has 1 atom stereocenters. The molecule has 3 rings (SSSR count). The van der Waals surface area contributed by atoms with E-state index in [2.05, 4.69) is 49.9 Å². The van der Waals surface area contributed by atoms with Crippen LogP contribution in [-0.2, 0) is 5.41 Å². The van der Waals surface area contributed by atoms with Gasteiger partial charge in [0.1, 0.15) is 6.10 Å². The second-order valence-electron chi connectivity index (χ2n) is 7.03. The quantitative estimate of drug-likeness (QED) is 0.718. The molecule has 0 saturated carbocycles. The minimum atomic E-state index is -0.797. The Morgan fingerprint density at radius 1 is 1.00 bits per heavy atom. The van der Waals surface area contributed by atoms with E-state index in [9.17, 15) is 5.11 Å². The lowest BCUT2D eigenvalue weighted by molar-refractivity contribution is 0.208. The maximum Gasteiger partial charge on any atom is 0.153 e. The molecule has 126 valence electrons. The standard InChI is InChI=1S/C22H22N2O/c1-22(2,3)19-11-9-17(10-12-19)13-15-24-16-14-23-21(24)20(25)18-7-5-4-6-8-18/h4-12,14,16,20,25H,1-3H3. The van der Waals surface area contributed by atoms with E-state index < -0.39 is 6.10 Å². The van der Waals surface area contributed by atoms with Gasteiger partial charge in [-0.15, -0.1) is 0 Å². The summed E-state index contributed by atoms with van der Waals surface area (Å²) in [5.41, 5.74) is 3.14. The topological polar surface area (TPSA) is 38.0 Å². The molecule has 0 spiro atoms. The van der Waals surface area contributed by atoms with Crippen LogP contribution in [0.5, 0.6) is 0 Å². The van der Waals surface area contributed by atoms with E-state index in [-0.39, 0.29) is 5.41 Å². The largest absolute Gasteiger partial charge is 0.380 e. The van der Waals surface area contributed by atoms with Gasteiger partial charge in [-0.3, -0.25) is 4.57 Å². The Hall–Kier alpha value is -2.83. The number of rotatable bonds is 2. The Labute approximate surface area is 149 Å². The first-order valence-electron chi connectivity index (χ1n) is 8.34. The molecule has 3 aromatic rings. The third kappa shape index (κ3) is 3.99. The minimum absolute atomic E-state index is 0.128. The summed E-state index contributed by atoms with van der Waals surface area (Å²) < 4.78 is 1.68. The molecule has 0 aliphatic heterocycles. The van der Waals surface area contributed by atoms with E-state index in [4.69, 9.17) is 0 Å². The summed E-state index contributed by atoms with van der Waals surface area (Å²) in [5, 5.41) is 10.5. The number of benzene rings is 2. The smallest absolute Gasteiger partial charge is 0.153 e. The molecule has 3 nitrogen and oxygen atoms in total. The van der Waals surface area contributed by atoms with Crippen molar-refractivity contribution in [1.29, 1.82) is 0 Å². The Morgan fingerprint density at radius 3 is 2.32 bits per heavy atom. The zero-order valence-electron chi connectivity index (χ0n) is 14.8. The molecular formula is C22H22N2O. The van der Waals surface area contributed by atoms with Gasteiger partial charge in [0.05, 0.1) is 0 Å². The highest BCUT2D eigenvalue weighted by atomic mass is 16.3. The van der Waals surface area contributed by atoms with E-state index in [1.54, 1.807) is 17.0 Å². The Kier molecular flexibility index (Phi) is 4.74. The molecule has 0 aliphatic carbocycles. The molecule has 1 N–H and O–H groups in total. The van der Waals surface area contributed by atoms with Gasteiger partial charge in [0.15, 0.2) is 5.82 Å². The monoisotopic (exact) mass is 330 g/mol. The number of nitrogens with zero attached hydrogens (tertiary/aromatic N) is 2. The molecule has 0 radical (unpaired) electrons. The molecule has 0 fully saturated rings. The summed E-state index contributed by atoms with van der Waals surface area (Å²) in [7, 11) is 0. The summed E-state index contributed by atoms with van der Waals surface area (Å²) in [4.78, 5) is 4.26. The van der Waals surface area contributed by atoms with Crippen molar-refractivity contribution in [2.75, 3.05) is 0 Å². The zero-order chi connectivity index (χ0) is 17.9. The normalized spacial score (nSPS) is 12.3. The Morgan fingerprint density at radius 2 is 1.68 bits per heavy atom. The lowest BCUT2D eigenvalue weighted by Crippen LogP contribution is -2.10. The average Bonchev–Trinajstić information content (AvgIpc) is 3.08. The third-order valence-electron chi connectivity index (χ3n) is 4.10. The first-order valence-corrected chi connectivity index (χ1v) is 8.34. The van der Waals surface area contributed by atoms with Gasteiger partial charge in [-0.05, 0) is 34.6 Å². The van der Waals surface area contributed by atoms with Crippen LogP contribution < -0.4 is 0 Å². The van der Waals surface area contributed by atoms with Gasteiger partial charge in [0, 0.05) is 24.0 Å².